The predicted octanol–water partition coefficient (Wildman–Crippen LogP) is -0.0945. The summed E-state index contributed by atoms with van der Waals surface area (Å²) in [6, 6.07) is 0. The molecule has 1 aliphatic rings. The van der Waals surface area contributed by atoms with E-state index in [4.69, 9.17) is 4.74 Å². The smallest absolute Gasteiger partial charge is 0.0824 e. The third kappa shape index (κ3) is 1.48. The molecule has 0 aliphatic carbocycles. The average Bonchev–Trinajstić information content (AvgIpc) is 1.84. The highest BCUT2D eigenvalue weighted by atomic mass is 16.5. The van der Waals surface area contributed by atoms with Crippen molar-refractivity contribution in [3.05, 3.63) is 0 Å². The molecule has 3 nitrogen and oxygen atoms in total. The second kappa shape index (κ2) is 2.86. The van der Waals surface area contributed by atoms with Gasteiger partial charge in [-0.3, -0.25) is 0 Å². The second-order valence-electron chi connectivity index (χ2n) is 2.92. The van der Waals surface area contributed by atoms with Crippen molar-refractivity contribution in [1.29, 1.82) is 0 Å². The van der Waals surface area contributed by atoms with Gasteiger partial charge in [0, 0.05) is 6.42 Å². The molecule has 0 aromatic rings. The molecule has 1 saturated heterocycles. The van der Waals surface area contributed by atoms with E-state index in [1.165, 1.54) is 0 Å². The Bertz CT molecular complexity index is 89.4. The zero-order chi connectivity index (χ0) is 7.72. The van der Waals surface area contributed by atoms with Crippen LogP contribution in [0.1, 0.15) is 20.3 Å². The Morgan fingerprint density at radius 3 is 1.80 bits per heavy atom. The third-order valence-corrected chi connectivity index (χ3v) is 2.00. The van der Waals surface area contributed by atoms with Crippen LogP contribution in [0.25, 0.3) is 0 Å². The van der Waals surface area contributed by atoms with Crippen LogP contribution in [0.3, 0.4) is 0 Å². The Morgan fingerprint density at radius 2 is 1.50 bits per heavy atom. The lowest BCUT2D eigenvalue weighted by molar-refractivity contribution is -0.155. The summed E-state index contributed by atoms with van der Waals surface area (Å²) in [6.45, 7) is 3.63. The molecule has 0 bridgehead atoms. The molecule has 0 radical (unpaired) electrons. The first-order chi connectivity index (χ1) is 4.61. The fourth-order valence-electron chi connectivity index (χ4n) is 1.15. The molecule has 1 fully saturated rings. The van der Waals surface area contributed by atoms with E-state index in [1.54, 1.807) is 0 Å². The van der Waals surface area contributed by atoms with Gasteiger partial charge < -0.3 is 14.9 Å². The van der Waals surface area contributed by atoms with Crippen LogP contribution in [-0.4, -0.2) is 34.6 Å². The number of hydrogen-bond donors (Lipinski definition) is 2. The topological polar surface area (TPSA) is 49.7 Å². The highest BCUT2D eigenvalue weighted by Crippen LogP contribution is 2.19. The SMILES string of the molecule is CC1O[C@@H](C)C(O)C[C@H]1O. The van der Waals surface area contributed by atoms with Crippen molar-refractivity contribution in [2.75, 3.05) is 0 Å². The lowest BCUT2D eigenvalue weighted by atomic mass is 10.0. The second-order valence-corrected chi connectivity index (χ2v) is 2.92. The Morgan fingerprint density at radius 1 is 1.10 bits per heavy atom. The molecule has 60 valence electrons. The molecule has 0 aromatic carbocycles. The van der Waals surface area contributed by atoms with Crippen LogP contribution in [-0.2, 0) is 4.74 Å². The van der Waals surface area contributed by atoms with Gasteiger partial charge in [-0.2, -0.15) is 0 Å². The van der Waals surface area contributed by atoms with Gasteiger partial charge in [-0.05, 0) is 13.8 Å². The van der Waals surface area contributed by atoms with Crippen LogP contribution in [0.4, 0.5) is 0 Å². The maximum atomic E-state index is 9.18. The van der Waals surface area contributed by atoms with E-state index >= 15 is 0 Å². The molecule has 3 heteroatoms. The maximum absolute atomic E-state index is 9.18. The minimum Gasteiger partial charge on any atom is -0.390 e. The molecule has 4 atom stereocenters. The van der Waals surface area contributed by atoms with Gasteiger partial charge in [-0.1, -0.05) is 0 Å². The Hall–Kier alpha value is -0.120. The highest BCUT2D eigenvalue weighted by molar-refractivity contribution is 4.79. The minimum absolute atomic E-state index is 0.140. The summed E-state index contributed by atoms with van der Waals surface area (Å²) >= 11 is 0. The molecule has 2 N–H and O–H groups in total. The van der Waals surface area contributed by atoms with E-state index in [-0.39, 0.29) is 12.2 Å². The van der Waals surface area contributed by atoms with Crippen molar-refractivity contribution in [3.63, 3.8) is 0 Å². The summed E-state index contributed by atoms with van der Waals surface area (Å²) < 4.78 is 5.21. The highest BCUT2D eigenvalue weighted by Gasteiger charge is 2.30. The first-order valence-corrected chi connectivity index (χ1v) is 3.63. The van der Waals surface area contributed by atoms with E-state index in [1.807, 2.05) is 13.8 Å². The standard InChI is InChI=1S/C7H14O3/c1-4-6(8)3-7(9)5(2)10-4/h4-9H,3H2,1-2H3/t4-,5?,6?,7+/m0/s1. The van der Waals surface area contributed by atoms with Gasteiger partial charge in [-0.25, -0.2) is 0 Å². The van der Waals surface area contributed by atoms with E-state index in [2.05, 4.69) is 0 Å². The number of ether oxygens (including phenoxy) is 1. The molecule has 1 rings (SSSR count). The molecule has 10 heavy (non-hydrogen) atoms. The van der Waals surface area contributed by atoms with E-state index in [0.29, 0.717) is 6.42 Å². The zero-order valence-corrected chi connectivity index (χ0v) is 6.32. The lowest BCUT2D eigenvalue weighted by Crippen LogP contribution is -2.44. The van der Waals surface area contributed by atoms with Crippen molar-refractivity contribution in [3.8, 4) is 0 Å². The van der Waals surface area contributed by atoms with Crippen LogP contribution < -0.4 is 0 Å². The van der Waals surface area contributed by atoms with E-state index in [0.717, 1.165) is 0 Å². The molecule has 1 aliphatic heterocycles. The van der Waals surface area contributed by atoms with Gasteiger partial charge >= 0.3 is 0 Å². The van der Waals surface area contributed by atoms with E-state index in [9.17, 15) is 10.2 Å². The summed E-state index contributed by atoms with van der Waals surface area (Å²) in [7, 11) is 0. The molecular weight excluding hydrogens is 132 g/mol. The summed E-state index contributed by atoms with van der Waals surface area (Å²) in [6.07, 6.45) is -0.864. The third-order valence-electron chi connectivity index (χ3n) is 2.00. The Balaban J connectivity index is 2.46. The van der Waals surface area contributed by atoms with Gasteiger partial charge in [0.15, 0.2) is 0 Å². The van der Waals surface area contributed by atoms with Gasteiger partial charge in [0.1, 0.15) is 0 Å². The average molecular weight is 146 g/mol. The number of rotatable bonds is 0. The zero-order valence-electron chi connectivity index (χ0n) is 6.32. The molecule has 0 spiro atoms. The lowest BCUT2D eigenvalue weighted by Gasteiger charge is -2.33. The minimum atomic E-state index is -0.508. The van der Waals surface area contributed by atoms with E-state index < -0.39 is 12.2 Å². The van der Waals surface area contributed by atoms with Gasteiger partial charge in [0.05, 0.1) is 24.4 Å². The number of aliphatic hydroxyl groups excluding tert-OH is 2. The number of hydrogen-bond acceptors (Lipinski definition) is 3. The first kappa shape index (κ1) is 7.98. The molecular formula is C7H14O3. The van der Waals surface area contributed by atoms with Gasteiger partial charge in [0.25, 0.3) is 0 Å². The van der Waals surface area contributed by atoms with Crippen LogP contribution in [0.15, 0.2) is 0 Å². The van der Waals surface area contributed by atoms with Gasteiger partial charge in [-0.15, -0.1) is 0 Å². The fourth-order valence-corrected chi connectivity index (χ4v) is 1.15. The quantitative estimate of drug-likeness (QED) is 0.502. The van der Waals surface area contributed by atoms with Crippen molar-refractivity contribution >= 4 is 0 Å². The Kier molecular flexibility index (Phi) is 2.28. The first-order valence-electron chi connectivity index (χ1n) is 3.63. The van der Waals surface area contributed by atoms with Crippen molar-refractivity contribution in [2.24, 2.45) is 0 Å². The largest absolute Gasteiger partial charge is 0.390 e. The Labute approximate surface area is 60.6 Å². The van der Waals surface area contributed by atoms with Crippen LogP contribution in [0.5, 0.6) is 0 Å². The summed E-state index contributed by atoms with van der Waals surface area (Å²) in [5.74, 6) is 0. The summed E-state index contributed by atoms with van der Waals surface area (Å²) in [4.78, 5) is 0. The van der Waals surface area contributed by atoms with Crippen molar-refractivity contribution in [1.82, 2.24) is 0 Å². The molecule has 0 amide bonds. The van der Waals surface area contributed by atoms with Crippen molar-refractivity contribution < 1.29 is 14.9 Å². The predicted molar refractivity (Wildman–Crippen MR) is 36.6 cm³/mol. The summed E-state index contributed by atoms with van der Waals surface area (Å²) in [5, 5.41) is 18.4. The monoisotopic (exact) mass is 146 g/mol. The normalized spacial score (nSPS) is 49.2. The fraction of sp³-hybridized carbons (Fsp3) is 1.00. The van der Waals surface area contributed by atoms with Crippen LogP contribution >= 0.6 is 0 Å². The summed E-state index contributed by atoms with van der Waals surface area (Å²) in [5.41, 5.74) is 0. The van der Waals surface area contributed by atoms with Crippen LogP contribution in [0, 0.1) is 0 Å². The maximum Gasteiger partial charge on any atom is 0.0824 e. The van der Waals surface area contributed by atoms with Crippen LogP contribution in [0.2, 0.25) is 0 Å². The number of aliphatic hydroxyl groups is 2. The molecule has 0 saturated carbocycles. The molecule has 0 aromatic heterocycles. The molecule has 1 heterocycles. The van der Waals surface area contributed by atoms with Gasteiger partial charge in [0.2, 0.25) is 0 Å². The van der Waals surface area contributed by atoms with Crippen molar-refractivity contribution in [2.45, 2.75) is 44.7 Å². The molecule has 2 unspecified atom stereocenters.